The molecule has 124 valence electrons. The van der Waals surface area contributed by atoms with E-state index in [-0.39, 0.29) is 5.75 Å². The third kappa shape index (κ3) is 3.20. The van der Waals surface area contributed by atoms with E-state index in [1.54, 1.807) is 6.07 Å². The number of hydrogen-bond acceptors (Lipinski definition) is 5. The van der Waals surface area contributed by atoms with Gasteiger partial charge in [-0.3, -0.25) is 4.90 Å². The lowest BCUT2D eigenvalue weighted by Gasteiger charge is -2.24. The van der Waals surface area contributed by atoms with Crippen molar-refractivity contribution in [1.82, 2.24) is 10.1 Å². The maximum Gasteiger partial charge on any atom is 0.161 e. The molecule has 3 rings (SSSR count). The fourth-order valence-electron chi connectivity index (χ4n) is 3.47. The average molecular weight is 316 g/mol. The van der Waals surface area contributed by atoms with Crippen molar-refractivity contribution < 1.29 is 14.4 Å². The van der Waals surface area contributed by atoms with Gasteiger partial charge in [-0.25, -0.2) is 0 Å². The Morgan fingerprint density at radius 1 is 1.39 bits per heavy atom. The van der Waals surface area contributed by atoms with Crippen LogP contribution in [0.15, 0.2) is 22.7 Å². The first-order valence-corrected chi connectivity index (χ1v) is 8.21. The molecule has 1 unspecified atom stereocenters. The maximum atomic E-state index is 9.84. The number of aromatic hydroxyl groups is 1. The quantitative estimate of drug-likeness (QED) is 0.910. The Bertz CT molecular complexity index is 661. The summed E-state index contributed by atoms with van der Waals surface area (Å²) in [6.07, 6.45) is 2.30. The summed E-state index contributed by atoms with van der Waals surface area (Å²) < 4.78 is 10.8. The number of likely N-dealkylation sites (tertiary alicyclic amines) is 1. The molecule has 1 fully saturated rings. The van der Waals surface area contributed by atoms with Crippen LogP contribution in [0.4, 0.5) is 0 Å². The van der Waals surface area contributed by atoms with Crippen LogP contribution in [-0.4, -0.2) is 28.3 Å². The molecule has 1 N–H and O–H groups in total. The van der Waals surface area contributed by atoms with Crippen molar-refractivity contribution in [3.05, 3.63) is 40.8 Å². The molecule has 0 saturated carbocycles. The molecule has 5 heteroatoms. The fourth-order valence-corrected chi connectivity index (χ4v) is 3.47. The summed E-state index contributed by atoms with van der Waals surface area (Å²) in [5.41, 5.74) is 3.36. The Hall–Kier alpha value is -2.01. The molecule has 0 bridgehead atoms. The van der Waals surface area contributed by atoms with Crippen LogP contribution in [0.3, 0.4) is 0 Å². The Kier molecular flexibility index (Phi) is 4.57. The highest BCUT2D eigenvalue weighted by Gasteiger charge is 2.30. The van der Waals surface area contributed by atoms with Gasteiger partial charge in [0.15, 0.2) is 11.5 Å². The molecule has 0 radical (unpaired) electrons. The molecule has 1 aromatic heterocycles. The van der Waals surface area contributed by atoms with Gasteiger partial charge in [-0.2, -0.15) is 0 Å². The van der Waals surface area contributed by atoms with Crippen LogP contribution in [0.2, 0.25) is 0 Å². The minimum Gasteiger partial charge on any atom is -0.504 e. The first-order valence-electron chi connectivity index (χ1n) is 8.21. The summed E-state index contributed by atoms with van der Waals surface area (Å²) in [5.74, 6) is 1.66. The molecule has 5 nitrogen and oxygen atoms in total. The van der Waals surface area contributed by atoms with E-state index in [0.717, 1.165) is 36.5 Å². The molecular weight excluding hydrogens is 292 g/mol. The van der Waals surface area contributed by atoms with Gasteiger partial charge in [0.05, 0.1) is 12.3 Å². The zero-order chi connectivity index (χ0) is 16.4. The predicted molar refractivity (Wildman–Crippen MR) is 87.6 cm³/mol. The van der Waals surface area contributed by atoms with Crippen LogP contribution in [-0.2, 0) is 6.54 Å². The van der Waals surface area contributed by atoms with E-state index < -0.39 is 0 Å². The van der Waals surface area contributed by atoms with Gasteiger partial charge in [-0.15, -0.1) is 0 Å². The molecule has 2 heterocycles. The second-order valence-corrected chi connectivity index (χ2v) is 6.10. The highest BCUT2D eigenvalue weighted by molar-refractivity contribution is 5.42. The van der Waals surface area contributed by atoms with E-state index in [4.69, 9.17) is 9.26 Å². The highest BCUT2D eigenvalue weighted by atomic mass is 16.5. The van der Waals surface area contributed by atoms with Crippen molar-refractivity contribution in [2.75, 3.05) is 13.2 Å². The van der Waals surface area contributed by atoms with Gasteiger partial charge in [0, 0.05) is 18.2 Å². The van der Waals surface area contributed by atoms with Gasteiger partial charge >= 0.3 is 0 Å². The fraction of sp³-hybridized carbons (Fsp3) is 0.500. The van der Waals surface area contributed by atoms with E-state index in [0.29, 0.717) is 18.4 Å². The van der Waals surface area contributed by atoms with E-state index in [9.17, 15) is 5.11 Å². The Balaban J connectivity index is 1.80. The maximum absolute atomic E-state index is 9.84. The minimum absolute atomic E-state index is 0.194. The van der Waals surface area contributed by atoms with Crippen molar-refractivity contribution in [3.63, 3.8) is 0 Å². The number of rotatable bonds is 5. The summed E-state index contributed by atoms with van der Waals surface area (Å²) in [5, 5.41) is 13.9. The molecule has 0 aliphatic carbocycles. The van der Waals surface area contributed by atoms with Gasteiger partial charge in [-0.1, -0.05) is 11.2 Å². The van der Waals surface area contributed by atoms with E-state index in [1.165, 1.54) is 12.0 Å². The first kappa shape index (κ1) is 15.9. The van der Waals surface area contributed by atoms with E-state index in [2.05, 4.69) is 10.1 Å². The van der Waals surface area contributed by atoms with Gasteiger partial charge in [0.2, 0.25) is 0 Å². The second-order valence-electron chi connectivity index (χ2n) is 6.10. The summed E-state index contributed by atoms with van der Waals surface area (Å²) >= 11 is 0. The van der Waals surface area contributed by atoms with Crippen LogP contribution in [0.25, 0.3) is 0 Å². The highest BCUT2D eigenvalue weighted by Crippen LogP contribution is 2.37. The number of aromatic nitrogens is 1. The SMILES string of the molecule is CCOc1cc(CN2CCCC2c2c(C)noc2C)ccc1O. The monoisotopic (exact) mass is 316 g/mol. The van der Waals surface area contributed by atoms with Gasteiger partial charge in [-0.05, 0) is 57.9 Å². The van der Waals surface area contributed by atoms with Crippen LogP contribution in [0.5, 0.6) is 11.5 Å². The van der Waals surface area contributed by atoms with Crippen LogP contribution < -0.4 is 4.74 Å². The number of ether oxygens (including phenoxy) is 1. The van der Waals surface area contributed by atoms with Gasteiger partial charge in [0.25, 0.3) is 0 Å². The zero-order valence-corrected chi connectivity index (χ0v) is 14.0. The molecule has 2 aromatic rings. The second kappa shape index (κ2) is 6.62. The van der Waals surface area contributed by atoms with Crippen molar-refractivity contribution in [3.8, 4) is 11.5 Å². The number of phenols is 1. The van der Waals surface area contributed by atoms with Crippen LogP contribution in [0, 0.1) is 13.8 Å². The lowest BCUT2D eigenvalue weighted by atomic mass is 10.0. The smallest absolute Gasteiger partial charge is 0.161 e. The molecule has 1 aliphatic heterocycles. The summed E-state index contributed by atoms with van der Waals surface area (Å²) in [7, 11) is 0. The molecule has 1 aliphatic rings. The minimum atomic E-state index is 0.194. The third-order valence-electron chi connectivity index (χ3n) is 4.50. The Morgan fingerprint density at radius 3 is 2.91 bits per heavy atom. The Labute approximate surface area is 136 Å². The van der Waals surface area contributed by atoms with Gasteiger partial charge < -0.3 is 14.4 Å². The summed E-state index contributed by atoms with van der Waals surface area (Å²) in [6.45, 7) is 8.34. The van der Waals surface area contributed by atoms with E-state index in [1.807, 2.05) is 32.9 Å². The number of benzene rings is 1. The molecule has 1 saturated heterocycles. The number of nitrogens with zero attached hydrogens (tertiary/aromatic N) is 2. The van der Waals surface area contributed by atoms with Gasteiger partial charge in [0.1, 0.15) is 5.76 Å². The molecular formula is C18H24N2O3. The molecule has 0 amide bonds. The lowest BCUT2D eigenvalue weighted by molar-refractivity contribution is 0.244. The third-order valence-corrected chi connectivity index (χ3v) is 4.50. The molecule has 1 aromatic carbocycles. The molecule has 1 atom stereocenters. The predicted octanol–water partition coefficient (Wildman–Crippen LogP) is 3.73. The average Bonchev–Trinajstić information content (AvgIpc) is 3.09. The van der Waals surface area contributed by atoms with E-state index >= 15 is 0 Å². The molecule has 23 heavy (non-hydrogen) atoms. The summed E-state index contributed by atoms with van der Waals surface area (Å²) in [4.78, 5) is 2.45. The lowest BCUT2D eigenvalue weighted by Crippen LogP contribution is -2.23. The number of aryl methyl sites for hydroxylation is 2. The number of hydrogen-bond donors (Lipinski definition) is 1. The first-order chi connectivity index (χ1) is 11.1. The van der Waals surface area contributed by atoms with Crippen molar-refractivity contribution in [2.24, 2.45) is 0 Å². The topological polar surface area (TPSA) is 58.7 Å². The van der Waals surface area contributed by atoms with Crippen LogP contribution in [0.1, 0.15) is 48.4 Å². The van der Waals surface area contributed by atoms with Crippen molar-refractivity contribution >= 4 is 0 Å². The normalized spacial score (nSPS) is 18.5. The summed E-state index contributed by atoms with van der Waals surface area (Å²) in [6, 6.07) is 5.95. The molecule has 0 spiro atoms. The van der Waals surface area contributed by atoms with Crippen LogP contribution >= 0.6 is 0 Å². The standard InChI is InChI=1S/C18H24N2O3/c1-4-22-17-10-14(7-8-16(17)21)11-20-9-5-6-15(20)18-12(2)19-23-13(18)3/h7-8,10,15,21H,4-6,9,11H2,1-3H3. The number of phenolic OH excluding ortho intramolecular Hbond substituents is 1. The zero-order valence-electron chi connectivity index (χ0n) is 14.0. The Morgan fingerprint density at radius 2 is 2.22 bits per heavy atom. The van der Waals surface area contributed by atoms with Crippen molar-refractivity contribution in [2.45, 2.75) is 46.2 Å². The van der Waals surface area contributed by atoms with Crippen molar-refractivity contribution in [1.29, 1.82) is 0 Å². The largest absolute Gasteiger partial charge is 0.504 e.